The zero-order valence-electron chi connectivity index (χ0n) is 13.5. The van der Waals surface area contributed by atoms with Crippen LogP contribution in [0.25, 0.3) is 0 Å². The molecule has 1 aromatic carbocycles. The monoisotopic (exact) mass is 392 g/mol. The third-order valence-corrected chi connectivity index (χ3v) is 6.63. The van der Waals surface area contributed by atoms with Gasteiger partial charge in [-0.05, 0) is 19.1 Å². The van der Waals surface area contributed by atoms with Crippen LogP contribution in [0.5, 0.6) is 0 Å². The van der Waals surface area contributed by atoms with E-state index in [9.17, 15) is 9.59 Å². The maximum Gasteiger partial charge on any atom is 0.244 e. The third kappa shape index (κ3) is 4.62. The van der Waals surface area contributed by atoms with Crippen LogP contribution in [-0.4, -0.2) is 40.1 Å². The summed E-state index contributed by atoms with van der Waals surface area (Å²) in [7, 11) is 0. The van der Waals surface area contributed by atoms with Crippen molar-refractivity contribution in [3.05, 3.63) is 36.4 Å². The molecule has 1 aliphatic heterocycles. The average molecular weight is 393 g/mol. The van der Waals surface area contributed by atoms with Crippen molar-refractivity contribution in [3.8, 4) is 0 Å². The molecule has 9 heteroatoms. The van der Waals surface area contributed by atoms with Crippen LogP contribution in [0.2, 0.25) is 0 Å². The Kier molecular flexibility index (Phi) is 5.77. The predicted molar refractivity (Wildman–Crippen MR) is 104 cm³/mol. The summed E-state index contributed by atoms with van der Waals surface area (Å²) in [5.41, 5.74) is 2.46. The van der Waals surface area contributed by atoms with Crippen LogP contribution in [0.15, 0.2) is 45.1 Å². The highest BCUT2D eigenvalue weighted by atomic mass is 32.2. The van der Waals surface area contributed by atoms with Gasteiger partial charge in [-0.1, -0.05) is 59.1 Å². The van der Waals surface area contributed by atoms with Gasteiger partial charge >= 0.3 is 0 Å². The van der Waals surface area contributed by atoms with E-state index in [2.05, 4.69) is 22.1 Å². The number of nitrogens with zero attached hydrogens (tertiary/aromatic N) is 3. The van der Waals surface area contributed by atoms with E-state index in [0.29, 0.717) is 5.69 Å². The third-order valence-electron chi connectivity index (χ3n) is 3.22. The Morgan fingerprint density at radius 1 is 1.28 bits per heavy atom. The van der Waals surface area contributed by atoms with Crippen LogP contribution in [0, 0.1) is 0 Å². The lowest BCUT2D eigenvalue weighted by Crippen LogP contribution is -2.43. The summed E-state index contributed by atoms with van der Waals surface area (Å²) in [6.07, 6.45) is 0. The summed E-state index contributed by atoms with van der Waals surface area (Å²) in [6.45, 7) is 5.86. The second-order valence-corrected chi connectivity index (χ2v) is 8.84. The summed E-state index contributed by atoms with van der Waals surface area (Å²) >= 11 is 4.39. The van der Waals surface area contributed by atoms with Crippen LogP contribution in [0.3, 0.4) is 0 Å². The van der Waals surface area contributed by atoms with Gasteiger partial charge in [0, 0.05) is 5.75 Å². The van der Waals surface area contributed by atoms with Gasteiger partial charge < -0.3 is 10.2 Å². The summed E-state index contributed by atoms with van der Waals surface area (Å²) < 4.78 is 1.60. The lowest BCUT2D eigenvalue weighted by molar-refractivity contribution is -0.120. The molecule has 0 unspecified atom stereocenters. The molecule has 2 amide bonds. The predicted octanol–water partition coefficient (Wildman–Crippen LogP) is 3.28. The van der Waals surface area contributed by atoms with Gasteiger partial charge in [-0.15, -0.1) is 10.2 Å². The summed E-state index contributed by atoms with van der Waals surface area (Å²) in [6, 6.07) is 7.29. The Morgan fingerprint density at radius 3 is 2.68 bits per heavy atom. The summed E-state index contributed by atoms with van der Waals surface area (Å²) in [4.78, 5) is 25.9. The van der Waals surface area contributed by atoms with Crippen molar-refractivity contribution in [1.82, 2.24) is 10.2 Å². The zero-order chi connectivity index (χ0) is 17.8. The number of carbonyl (C=O) groups excluding carboxylic acids is 2. The van der Waals surface area contributed by atoms with Crippen LogP contribution >= 0.6 is 34.9 Å². The first-order chi connectivity index (χ1) is 12.0. The molecule has 6 nitrogen and oxygen atoms in total. The van der Waals surface area contributed by atoms with Gasteiger partial charge in [-0.25, -0.2) is 0 Å². The van der Waals surface area contributed by atoms with E-state index in [0.717, 1.165) is 25.7 Å². The Hall–Kier alpha value is -1.84. The zero-order valence-corrected chi connectivity index (χ0v) is 16.0. The van der Waals surface area contributed by atoms with Gasteiger partial charge in [0.2, 0.25) is 11.8 Å². The number of rotatable bonds is 6. The minimum atomic E-state index is -0.188. The molecule has 3 rings (SSSR count). The first-order valence-electron chi connectivity index (χ1n) is 7.45. The first kappa shape index (κ1) is 18.0. The van der Waals surface area contributed by atoms with Crippen LogP contribution in [-0.2, 0) is 9.59 Å². The molecule has 130 valence electrons. The average Bonchev–Trinajstić information content (AvgIpc) is 3.05. The van der Waals surface area contributed by atoms with Crippen molar-refractivity contribution in [3.63, 3.8) is 0 Å². The first-order valence-corrected chi connectivity index (χ1v) is 10.2. The highest BCUT2D eigenvalue weighted by Gasteiger charge is 2.26. The molecule has 0 spiro atoms. The lowest BCUT2D eigenvalue weighted by atomic mass is 10.2. The fraction of sp³-hybridized carbons (Fsp3) is 0.250. The van der Waals surface area contributed by atoms with Crippen LogP contribution < -0.4 is 10.2 Å². The molecule has 1 aliphatic rings. The number of fused-ring (bicyclic) bond motifs is 1. The Bertz CT molecular complexity index is 821. The smallest absolute Gasteiger partial charge is 0.244 e. The fourth-order valence-corrected chi connectivity index (χ4v) is 4.90. The number of anilines is 2. The molecule has 0 bridgehead atoms. The van der Waals surface area contributed by atoms with Crippen molar-refractivity contribution >= 4 is 58.0 Å². The summed E-state index contributed by atoms with van der Waals surface area (Å²) in [5.74, 6) is 0.698. The number of nitrogens with one attached hydrogen (secondary N) is 1. The van der Waals surface area contributed by atoms with Crippen molar-refractivity contribution in [2.45, 2.75) is 15.6 Å². The number of para-hydroxylation sites is 2. The van der Waals surface area contributed by atoms with E-state index in [1.165, 1.54) is 28.0 Å². The van der Waals surface area contributed by atoms with Gasteiger partial charge in [0.05, 0.1) is 17.1 Å². The normalized spacial score (nSPS) is 13.3. The van der Waals surface area contributed by atoms with Crippen molar-refractivity contribution in [2.75, 3.05) is 28.3 Å². The molecule has 0 saturated carbocycles. The van der Waals surface area contributed by atoms with Crippen LogP contribution in [0.4, 0.5) is 11.4 Å². The minimum Gasteiger partial charge on any atom is -0.323 e. The van der Waals surface area contributed by atoms with E-state index < -0.39 is 0 Å². The Balaban J connectivity index is 1.61. The fourth-order valence-electron chi connectivity index (χ4n) is 2.16. The summed E-state index contributed by atoms with van der Waals surface area (Å²) in [5, 5.41) is 11.0. The second-order valence-electron chi connectivity index (χ2n) is 5.41. The van der Waals surface area contributed by atoms with Crippen molar-refractivity contribution in [1.29, 1.82) is 0 Å². The van der Waals surface area contributed by atoms with E-state index in [1.54, 1.807) is 17.8 Å². The number of benzene rings is 1. The highest BCUT2D eigenvalue weighted by molar-refractivity contribution is 8.03. The highest BCUT2D eigenvalue weighted by Crippen LogP contribution is 2.32. The van der Waals surface area contributed by atoms with Gasteiger partial charge in [-0.3, -0.25) is 9.59 Å². The standard InChI is InChI=1S/C16H16N4O2S3/c1-10(2)8-23-15-18-19-16(25-15)24-9-14(22)20-7-13(21)17-11-5-3-4-6-12(11)20/h3-6H,1,7-9H2,2H3,(H,17,21). The number of carbonyl (C=O) groups is 2. The molecule has 0 aliphatic carbocycles. The number of hydrogen-bond acceptors (Lipinski definition) is 7. The van der Waals surface area contributed by atoms with Crippen LogP contribution in [0.1, 0.15) is 6.92 Å². The van der Waals surface area contributed by atoms with E-state index in [1.807, 2.05) is 25.1 Å². The molecule has 0 saturated heterocycles. The number of amides is 2. The molecule has 2 aromatic rings. The number of hydrogen-bond donors (Lipinski definition) is 1. The Labute approximate surface area is 158 Å². The molecule has 0 atom stereocenters. The number of aromatic nitrogens is 2. The second kappa shape index (κ2) is 8.03. The molecule has 0 radical (unpaired) electrons. The number of thioether (sulfide) groups is 2. The quantitative estimate of drug-likeness (QED) is 0.601. The van der Waals surface area contributed by atoms with Gasteiger partial charge in [0.15, 0.2) is 8.68 Å². The molecule has 2 heterocycles. The van der Waals surface area contributed by atoms with Gasteiger partial charge in [0.1, 0.15) is 6.54 Å². The van der Waals surface area contributed by atoms with Crippen molar-refractivity contribution in [2.24, 2.45) is 0 Å². The molecule has 25 heavy (non-hydrogen) atoms. The van der Waals surface area contributed by atoms with Gasteiger partial charge in [-0.2, -0.15) is 0 Å². The molecular weight excluding hydrogens is 376 g/mol. The van der Waals surface area contributed by atoms with E-state index >= 15 is 0 Å². The maximum atomic E-state index is 12.6. The Morgan fingerprint density at radius 2 is 1.96 bits per heavy atom. The van der Waals surface area contributed by atoms with E-state index in [4.69, 9.17) is 0 Å². The largest absolute Gasteiger partial charge is 0.323 e. The maximum absolute atomic E-state index is 12.6. The topological polar surface area (TPSA) is 75.2 Å². The molecule has 0 fully saturated rings. The minimum absolute atomic E-state index is 0.0340. The molecular formula is C16H16N4O2S3. The molecule has 1 N–H and O–H groups in total. The van der Waals surface area contributed by atoms with E-state index in [-0.39, 0.29) is 24.1 Å². The molecule has 1 aromatic heterocycles. The lowest BCUT2D eigenvalue weighted by Gasteiger charge is -2.28. The SMILES string of the molecule is C=C(C)CSc1nnc(SCC(=O)N2CC(=O)Nc3ccccc32)s1. The van der Waals surface area contributed by atoms with Crippen molar-refractivity contribution < 1.29 is 9.59 Å². The van der Waals surface area contributed by atoms with Gasteiger partial charge in [0.25, 0.3) is 0 Å².